The van der Waals surface area contributed by atoms with Crippen LogP contribution >= 0.6 is 11.6 Å². The smallest absolute Gasteiger partial charge is 0.0923 e. The third-order valence-electron chi connectivity index (χ3n) is 2.26. The summed E-state index contributed by atoms with van der Waals surface area (Å²) < 4.78 is 1.94. The zero-order valence-corrected chi connectivity index (χ0v) is 9.57. The van der Waals surface area contributed by atoms with E-state index < -0.39 is 0 Å². The van der Waals surface area contributed by atoms with Gasteiger partial charge in [0.2, 0.25) is 0 Å². The van der Waals surface area contributed by atoms with E-state index >= 15 is 0 Å². The van der Waals surface area contributed by atoms with E-state index in [4.69, 9.17) is 11.6 Å². The molecule has 0 aliphatic rings. The normalized spacial score (nSPS) is 10.9. The van der Waals surface area contributed by atoms with E-state index in [1.165, 1.54) is 0 Å². The molecule has 0 amide bonds. The zero-order valence-electron chi connectivity index (χ0n) is 8.81. The standard InChI is InChI=1S/C12H13ClN2/c1-9(2)15-7-6-12(14-15)10-4-3-5-11(13)8-10/h3-9H,1-2H3. The Morgan fingerprint density at radius 2 is 2.07 bits per heavy atom. The van der Waals surface area contributed by atoms with Gasteiger partial charge >= 0.3 is 0 Å². The summed E-state index contributed by atoms with van der Waals surface area (Å²) in [6, 6.07) is 10.1. The zero-order chi connectivity index (χ0) is 10.8. The molecule has 0 radical (unpaired) electrons. The molecule has 0 aliphatic carbocycles. The molecule has 2 rings (SSSR count). The van der Waals surface area contributed by atoms with E-state index in [1.54, 1.807) is 0 Å². The molecular formula is C12H13ClN2. The highest BCUT2D eigenvalue weighted by atomic mass is 35.5. The maximum Gasteiger partial charge on any atom is 0.0923 e. The maximum absolute atomic E-state index is 5.93. The first kappa shape index (κ1) is 10.2. The summed E-state index contributed by atoms with van der Waals surface area (Å²) >= 11 is 5.93. The van der Waals surface area contributed by atoms with Crippen LogP contribution in [0.5, 0.6) is 0 Å². The third-order valence-corrected chi connectivity index (χ3v) is 2.49. The molecule has 0 aliphatic heterocycles. The molecule has 1 aromatic carbocycles. The summed E-state index contributed by atoms with van der Waals surface area (Å²) in [6.07, 6.45) is 1.99. The lowest BCUT2D eigenvalue weighted by Crippen LogP contribution is -2.00. The van der Waals surface area contributed by atoms with E-state index in [0.717, 1.165) is 16.3 Å². The SMILES string of the molecule is CC(C)n1ccc(-c2cccc(Cl)c2)n1. The molecule has 0 bridgehead atoms. The number of nitrogens with zero attached hydrogens (tertiary/aromatic N) is 2. The quantitative estimate of drug-likeness (QED) is 0.753. The maximum atomic E-state index is 5.93. The van der Waals surface area contributed by atoms with Crippen molar-refractivity contribution in [1.29, 1.82) is 0 Å². The van der Waals surface area contributed by atoms with Gasteiger partial charge in [0, 0.05) is 22.8 Å². The molecule has 1 aromatic heterocycles. The van der Waals surface area contributed by atoms with Crippen molar-refractivity contribution < 1.29 is 0 Å². The molecule has 0 fully saturated rings. The summed E-state index contributed by atoms with van der Waals surface area (Å²) in [6.45, 7) is 4.21. The fourth-order valence-electron chi connectivity index (χ4n) is 1.43. The fraction of sp³-hybridized carbons (Fsp3) is 0.250. The van der Waals surface area contributed by atoms with Crippen LogP contribution in [0.2, 0.25) is 5.02 Å². The molecule has 78 valence electrons. The minimum atomic E-state index is 0.387. The number of benzene rings is 1. The molecule has 0 saturated heterocycles. The van der Waals surface area contributed by atoms with Crippen LogP contribution in [-0.4, -0.2) is 9.78 Å². The largest absolute Gasteiger partial charge is 0.270 e. The Hall–Kier alpha value is -1.28. The van der Waals surface area contributed by atoms with Crippen molar-refractivity contribution in [3.63, 3.8) is 0 Å². The van der Waals surface area contributed by atoms with E-state index in [1.807, 2.05) is 41.2 Å². The van der Waals surface area contributed by atoms with Crippen molar-refractivity contribution in [2.24, 2.45) is 0 Å². The Labute approximate surface area is 94.5 Å². The molecule has 0 N–H and O–H groups in total. The number of hydrogen-bond donors (Lipinski definition) is 0. The van der Waals surface area contributed by atoms with E-state index in [-0.39, 0.29) is 0 Å². The summed E-state index contributed by atoms with van der Waals surface area (Å²) in [7, 11) is 0. The predicted molar refractivity (Wildman–Crippen MR) is 63.1 cm³/mol. The van der Waals surface area contributed by atoms with Gasteiger partial charge in [0.1, 0.15) is 0 Å². The highest BCUT2D eigenvalue weighted by Gasteiger charge is 2.04. The van der Waals surface area contributed by atoms with Crippen LogP contribution in [0, 0.1) is 0 Å². The Bertz CT molecular complexity index is 460. The number of rotatable bonds is 2. The van der Waals surface area contributed by atoms with Gasteiger partial charge in [-0.2, -0.15) is 5.10 Å². The second-order valence-electron chi connectivity index (χ2n) is 3.79. The van der Waals surface area contributed by atoms with Gasteiger partial charge < -0.3 is 0 Å². The van der Waals surface area contributed by atoms with Crippen LogP contribution in [-0.2, 0) is 0 Å². The van der Waals surface area contributed by atoms with Crippen molar-refractivity contribution >= 4 is 11.6 Å². The van der Waals surface area contributed by atoms with Crippen molar-refractivity contribution in [1.82, 2.24) is 9.78 Å². The lowest BCUT2D eigenvalue weighted by atomic mass is 10.2. The molecule has 2 nitrogen and oxygen atoms in total. The first-order chi connectivity index (χ1) is 7.16. The van der Waals surface area contributed by atoms with Crippen molar-refractivity contribution in [2.75, 3.05) is 0 Å². The minimum absolute atomic E-state index is 0.387. The highest BCUT2D eigenvalue weighted by Crippen LogP contribution is 2.21. The van der Waals surface area contributed by atoms with Gasteiger partial charge in [-0.3, -0.25) is 4.68 Å². The summed E-state index contributed by atoms with van der Waals surface area (Å²) in [5.41, 5.74) is 2.02. The summed E-state index contributed by atoms with van der Waals surface area (Å²) in [4.78, 5) is 0. The van der Waals surface area contributed by atoms with Gasteiger partial charge in [0.05, 0.1) is 5.69 Å². The molecule has 3 heteroatoms. The Morgan fingerprint density at radius 3 is 2.67 bits per heavy atom. The Balaban J connectivity index is 2.37. The number of halogens is 1. The molecule has 1 heterocycles. The number of aromatic nitrogens is 2. The van der Waals surface area contributed by atoms with Crippen LogP contribution in [0.25, 0.3) is 11.3 Å². The molecule has 0 spiro atoms. The third kappa shape index (κ3) is 2.21. The highest BCUT2D eigenvalue weighted by molar-refractivity contribution is 6.30. The van der Waals surface area contributed by atoms with Crippen LogP contribution in [0.15, 0.2) is 36.5 Å². The molecule has 0 saturated carbocycles. The first-order valence-corrected chi connectivity index (χ1v) is 5.36. The molecule has 0 unspecified atom stereocenters. The van der Waals surface area contributed by atoms with Crippen LogP contribution in [0.3, 0.4) is 0 Å². The molecule has 0 atom stereocenters. The lowest BCUT2D eigenvalue weighted by molar-refractivity contribution is 0.534. The second-order valence-corrected chi connectivity index (χ2v) is 4.22. The number of hydrogen-bond acceptors (Lipinski definition) is 1. The van der Waals surface area contributed by atoms with E-state index in [2.05, 4.69) is 18.9 Å². The van der Waals surface area contributed by atoms with Crippen LogP contribution < -0.4 is 0 Å². The van der Waals surface area contributed by atoms with Gasteiger partial charge in [-0.15, -0.1) is 0 Å². The van der Waals surface area contributed by atoms with Crippen molar-refractivity contribution in [3.8, 4) is 11.3 Å². The van der Waals surface area contributed by atoms with Crippen molar-refractivity contribution in [3.05, 3.63) is 41.6 Å². The topological polar surface area (TPSA) is 17.8 Å². The van der Waals surface area contributed by atoms with Gasteiger partial charge in [0.25, 0.3) is 0 Å². The molecule has 2 aromatic rings. The van der Waals surface area contributed by atoms with Crippen molar-refractivity contribution in [2.45, 2.75) is 19.9 Å². The molecular weight excluding hydrogens is 208 g/mol. The minimum Gasteiger partial charge on any atom is -0.270 e. The van der Waals surface area contributed by atoms with Gasteiger partial charge in [-0.05, 0) is 32.0 Å². The van der Waals surface area contributed by atoms with Gasteiger partial charge in [-0.25, -0.2) is 0 Å². The van der Waals surface area contributed by atoms with Crippen LogP contribution in [0.4, 0.5) is 0 Å². The first-order valence-electron chi connectivity index (χ1n) is 4.98. The van der Waals surface area contributed by atoms with Gasteiger partial charge in [-0.1, -0.05) is 23.7 Å². The average molecular weight is 221 g/mol. The monoisotopic (exact) mass is 220 g/mol. The van der Waals surface area contributed by atoms with Gasteiger partial charge in [0.15, 0.2) is 0 Å². The van der Waals surface area contributed by atoms with E-state index in [9.17, 15) is 0 Å². The Morgan fingerprint density at radius 1 is 1.27 bits per heavy atom. The predicted octanol–water partition coefficient (Wildman–Crippen LogP) is 3.78. The summed E-state index contributed by atoms with van der Waals surface area (Å²) in [5.74, 6) is 0. The fourth-order valence-corrected chi connectivity index (χ4v) is 1.62. The Kier molecular flexibility index (Phi) is 2.78. The lowest BCUT2D eigenvalue weighted by Gasteiger charge is -2.03. The van der Waals surface area contributed by atoms with Crippen LogP contribution in [0.1, 0.15) is 19.9 Å². The second kappa shape index (κ2) is 4.07. The van der Waals surface area contributed by atoms with E-state index in [0.29, 0.717) is 6.04 Å². The molecule has 15 heavy (non-hydrogen) atoms. The average Bonchev–Trinajstić information content (AvgIpc) is 2.66. The summed E-state index contributed by atoms with van der Waals surface area (Å²) in [5, 5.41) is 5.22.